The van der Waals surface area contributed by atoms with Gasteiger partial charge in [0, 0.05) is 44.2 Å². The van der Waals surface area contributed by atoms with Crippen LogP contribution in [-0.2, 0) is 16.0 Å². The summed E-state index contributed by atoms with van der Waals surface area (Å²) in [5.41, 5.74) is -0.593. The molecule has 3 rings (SSSR count). The van der Waals surface area contributed by atoms with Crippen molar-refractivity contribution >= 4 is 37.5 Å². The van der Waals surface area contributed by atoms with Gasteiger partial charge in [-0.1, -0.05) is 17.4 Å². The van der Waals surface area contributed by atoms with Gasteiger partial charge in [-0.2, -0.15) is 13.2 Å². The Morgan fingerprint density at radius 3 is 2.25 bits per heavy atom. The first-order valence-electron chi connectivity index (χ1n) is 8.12. The van der Waals surface area contributed by atoms with Crippen molar-refractivity contribution < 1.29 is 26.5 Å². The predicted octanol–water partition coefficient (Wildman–Crippen LogP) is 3.41. The van der Waals surface area contributed by atoms with Gasteiger partial charge < -0.3 is 9.80 Å². The highest BCUT2D eigenvalue weighted by atomic mass is 32.2. The summed E-state index contributed by atoms with van der Waals surface area (Å²) in [6, 6.07) is 6.05. The molecule has 1 fully saturated rings. The van der Waals surface area contributed by atoms with Crippen molar-refractivity contribution in [2.75, 3.05) is 42.2 Å². The molecule has 7 nitrogen and oxygen atoms in total. The van der Waals surface area contributed by atoms with Gasteiger partial charge in [0.25, 0.3) is 0 Å². The lowest BCUT2D eigenvalue weighted by atomic mass is 10.1. The number of hydrogen-bond acceptors (Lipinski definition) is 7. The molecule has 0 saturated carbocycles. The van der Waals surface area contributed by atoms with Gasteiger partial charge in [-0.15, -0.1) is 0 Å². The molecule has 0 radical (unpaired) electrons. The smallest absolute Gasteiger partial charge is 0.368 e. The maximum absolute atomic E-state index is 12.9. The molecule has 1 aromatic carbocycles. The van der Waals surface area contributed by atoms with Crippen LogP contribution in [0.4, 0.5) is 29.5 Å². The van der Waals surface area contributed by atoms with Crippen molar-refractivity contribution in [1.82, 2.24) is 0 Å². The highest BCUT2D eigenvalue weighted by molar-refractivity contribution is 7.92. The van der Waals surface area contributed by atoms with E-state index in [9.17, 15) is 31.7 Å². The lowest BCUT2D eigenvalue weighted by molar-refractivity contribution is -0.383. The number of nitrogens with zero attached hydrogens (tertiary/aromatic N) is 3. The normalized spacial score (nSPS) is 15.7. The second kappa shape index (κ2) is 7.24. The number of hydrogen-bond donors (Lipinski definition) is 0. The lowest BCUT2D eigenvalue weighted by Gasteiger charge is -2.36. The second-order valence-electron chi connectivity index (χ2n) is 6.31. The fraction of sp³-hybridized carbons (Fsp3) is 0.375. The third-order valence-corrected chi connectivity index (χ3v) is 7.33. The summed E-state index contributed by atoms with van der Waals surface area (Å²) >= 11 is 0.833. The van der Waals surface area contributed by atoms with Crippen LogP contribution < -0.4 is 9.80 Å². The van der Waals surface area contributed by atoms with Crippen molar-refractivity contribution in [3.63, 3.8) is 0 Å². The van der Waals surface area contributed by atoms with Crippen LogP contribution in [0.15, 0.2) is 34.5 Å². The highest BCUT2D eigenvalue weighted by Crippen LogP contribution is 2.40. The summed E-state index contributed by atoms with van der Waals surface area (Å²) < 4.78 is 62.1. The molecule has 12 heteroatoms. The average molecular weight is 435 g/mol. The molecule has 28 heavy (non-hydrogen) atoms. The minimum atomic E-state index is -4.43. The number of halogens is 3. The Hall–Kier alpha value is -2.34. The van der Waals surface area contributed by atoms with Crippen LogP contribution >= 0.6 is 11.3 Å². The lowest BCUT2D eigenvalue weighted by Crippen LogP contribution is -2.46. The molecule has 2 aromatic rings. The minimum Gasteiger partial charge on any atom is -0.368 e. The largest absolute Gasteiger partial charge is 0.416 e. The fourth-order valence-electron chi connectivity index (χ4n) is 2.94. The van der Waals surface area contributed by atoms with E-state index in [1.54, 1.807) is 15.9 Å². The van der Waals surface area contributed by atoms with E-state index >= 15 is 0 Å². The monoisotopic (exact) mass is 435 g/mol. The molecule has 0 atom stereocenters. The van der Waals surface area contributed by atoms with Crippen LogP contribution in [0, 0.1) is 10.1 Å². The maximum atomic E-state index is 12.9. The van der Waals surface area contributed by atoms with Crippen LogP contribution in [0.2, 0.25) is 0 Å². The van der Waals surface area contributed by atoms with Crippen LogP contribution in [0.1, 0.15) is 5.56 Å². The van der Waals surface area contributed by atoms with Crippen LogP contribution in [0.5, 0.6) is 0 Å². The Balaban J connectivity index is 1.80. The third kappa shape index (κ3) is 4.22. The molecule has 1 saturated heterocycles. The molecule has 2 heterocycles. The number of thiophene rings is 1. The van der Waals surface area contributed by atoms with Crippen LogP contribution in [-0.4, -0.2) is 45.8 Å². The first-order valence-corrected chi connectivity index (χ1v) is 10.8. The molecule has 0 bridgehead atoms. The summed E-state index contributed by atoms with van der Waals surface area (Å²) in [4.78, 5) is 14.1. The molecule has 0 unspecified atom stereocenters. The summed E-state index contributed by atoms with van der Waals surface area (Å²) in [5.74, 6) is 0. The zero-order chi connectivity index (χ0) is 20.7. The Bertz CT molecular complexity index is 997. The average Bonchev–Trinajstić information content (AvgIpc) is 3.07. The zero-order valence-corrected chi connectivity index (χ0v) is 16.3. The Kier molecular flexibility index (Phi) is 5.28. The summed E-state index contributed by atoms with van der Waals surface area (Å²) in [7, 11) is -3.58. The summed E-state index contributed by atoms with van der Waals surface area (Å²) in [6.07, 6.45) is -3.45. The second-order valence-corrected chi connectivity index (χ2v) is 9.58. The van der Waals surface area contributed by atoms with E-state index in [1.165, 1.54) is 6.07 Å². The van der Waals surface area contributed by atoms with Crippen molar-refractivity contribution in [3.05, 3.63) is 46.0 Å². The SMILES string of the molecule is CS(=O)(=O)c1cc([N+](=O)[O-])c(N2CCN(c3cccc(C(F)(F)F)c3)CC2)s1. The van der Waals surface area contributed by atoms with Gasteiger partial charge in [0.2, 0.25) is 0 Å². The van der Waals surface area contributed by atoms with Gasteiger partial charge in [0.1, 0.15) is 4.21 Å². The first kappa shape index (κ1) is 20.4. The topological polar surface area (TPSA) is 83.8 Å². The molecule has 1 aromatic heterocycles. The molecular weight excluding hydrogens is 419 g/mol. The van der Waals surface area contributed by atoms with E-state index in [4.69, 9.17) is 0 Å². The number of rotatable bonds is 4. The van der Waals surface area contributed by atoms with Crippen LogP contribution in [0.25, 0.3) is 0 Å². The fourth-order valence-corrected chi connectivity index (χ4v) is 5.02. The minimum absolute atomic E-state index is 0.0884. The molecule has 0 N–H and O–H groups in total. The first-order chi connectivity index (χ1) is 13.0. The van der Waals surface area contributed by atoms with Crippen molar-refractivity contribution in [2.24, 2.45) is 0 Å². The number of piperazine rings is 1. The predicted molar refractivity (Wildman–Crippen MR) is 100.0 cm³/mol. The van der Waals surface area contributed by atoms with Crippen molar-refractivity contribution in [2.45, 2.75) is 10.4 Å². The van der Waals surface area contributed by atoms with Gasteiger partial charge in [0.15, 0.2) is 14.8 Å². The van der Waals surface area contributed by atoms with E-state index in [1.807, 2.05) is 0 Å². The van der Waals surface area contributed by atoms with E-state index < -0.39 is 26.5 Å². The molecule has 1 aliphatic rings. The van der Waals surface area contributed by atoms with Crippen molar-refractivity contribution in [3.8, 4) is 0 Å². The Morgan fingerprint density at radius 1 is 1.11 bits per heavy atom. The summed E-state index contributed by atoms with van der Waals surface area (Å²) in [6.45, 7) is 1.34. The van der Waals surface area contributed by atoms with Gasteiger partial charge >= 0.3 is 11.9 Å². The zero-order valence-electron chi connectivity index (χ0n) is 14.6. The maximum Gasteiger partial charge on any atom is 0.416 e. The van der Waals surface area contributed by atoms with Gasteiger partial charge in [-0.05, 0) is 18.2 Å². The molecule has 152 valence electrons. The number of benzene rings is 1. The Labute approximate surface area is 163 Å². The van der Waals surface area contributed by atoms with Crippen LogP contribution in [0.3, 0.4) is 0 Å². The Morgan fingerprint density at radius 2 is 1.71 bits per heavy atom. The number of anilines is 2. The van der Waals surface area contributed by atoms with Gasteiger partial charge in [-0.25, -0.2) is 8.42 Å². The third-order valence-electron chi connectivity index (χ3n) is 4.34. The van der Waals surface area contributed by atoms with E-state index in [0.29, 0.717) is 31.9 Å². The van der Waals surface area contributed by atoms with Gasteiger partial charge in [0.05, 0.1) is 10.5 Å². The number of sulfone groups is 1. The van der Waals surface area contributed by atoms with E-state index in [2.05, 4.69) is 0 Å². The quantitative estimate of drug-likeness (QED) is 0.541. The highest BCUT2D eigenvalue weighted by Gasteiger charge is 2.32. The molecule has 1 aliphatic heterocycles. The number of nitro groups is 1. The standard InChI is InChI=1S/C16H16F3N3O4S2/c1-28(25,26)14-10-13(22(23)24)15(27-14)21-7-5-20(6-8-21)12-4-2-3-11(9-12)16(17,18)19/h2-4,9-10H,5-8H2,1H3. The molecule has 0 amide bonds. The molecular formula is C16H16F3N3O4S2. The van der Waals surface area contributed by atoms with Crippen molar-refractivity contribution in [1.29, 1.82) is 0 Å². The van der Waals surface area contributed by atoms with Gasteiger partial charge in [-0.3, -0.25) is 10.1 Å². The molecule has 0 aliphatic carbocycles. The van der Waals surface area contributed by atoms with E-state index in [-0.39, 0.29) is 14.9 Å². The summed E-state index contributed by atoms with van der Waals surface area (Å²) in [5, 5.41) is 11.5. The molecule has 0 spiro atoms. The van der Waals surface area contributed by atoms with E-state index in [0.717, 1.165) is 35.8 Å². The number of alkyl halides is 3.